The van der Waals surface area contributed by atoms with Crippen molar-refractivity contribution < 1.29 is 9.90 Å². The summed E-state index contributed by atoms with van der Waals surface area (Å²) in [5.41, 5.74) is 1.22. The van der Waals surface area contributed by atoms with Crippen molar-refractivity contribution in [2.45, 2.75) is 25.8 Å². The highest BCUT2D eigenvalue weighted by Gasteiger charge is 2.21. The second-order valence-corrected chi connectivity index (χ2v) is 5.38. The highest BCUT2D eigenvalue weighted by atomic mass is 16.4. The van der Waals surface area contributed by atoms with Gasteiger partial charge in [0.05, 0.1) is 0 Å². The standard InChI is InChI=1S/C15H22N2O2/c1-12-9-16-13(7-8-15(18)19)11-17(10-12)14-5-3-2-4-6-14/h2-6,12-13,16H,7-11H2,1H3,(H,18,19). The van der Waals surface area contributed by atoms with E-state index in [0.717, 1.165) is 19.6 Å². The minimum atomic E-state index is -0.717. The third-order valence-electron chi connectivity index (χ3n) is 3.56. The lowest BCUT2D eigenvalue weighted by molar-refractivity contribution is -0.137. The molecule has 1 fully saturated rings. The molecule has 0 radical (unpaired) electrons. The molecule has 104 valence electrons. The van der Waals surface area contributed by atoms with Gasteiger partial charge >= 0.3 is 5.97 Å². The summed E-state index contributed by atoms with van der Waals surface area (Å²) in [6.45, 7) is 5.07. The maximum absolute atomic E-state index is 10.7. The molecule has 4 nitrogen and oxygen atoms in total. The van der Waals surface area contributed by atoms with Gasteiger partial charge in [-0.05, 0) is 31.0 Å². The molecule has 1 aliphatic heterocycles. The Labute approximate surface area is 114 Å². The van der Waals surface area contributed by atoms with Crippen LogP contribution in [0.4, 0.5) is 5.69 Å². The van der Waals surface area contributed by atoms with E-state index in [1.54, 1.807) is 0 Å². The minimum absolute atomic E-state index is 0.231. The number of aliphatic carboxylic acids is 1. The van der Waals surface area contributed by atoms with E-state index in [0.29, 0.717) is 12.3 Å². The Bertz CT molecular complexity index is 408. The van der Waals surface area contributed by atoms with Gasteiger partial charge in [-0.3, -0.25) is 4.79 Å². The van der Waals surface area contributed by atoms with E-state index in [4.69, 9.17) is 5.11 Å². The Morgan fingerprint density at radius 3 is 2.79 bits per heavy atom. The molecule has 0 bridgehead atoms. The van der Waals surface area contributed by atoms with Crippen LogP contribution in [-0.2, 0) is 4.79 Å². The summed E-state index contributed by atoms with van der Waals surface area (Å²) in [5, 5.41) is 12.3. The van der Waals surface area contributed by atoms with Crippen LogP contribution in [0.25, 0.3) is 0 Å². The van der Waals surface area contributed by atoms with E-state index < -0.39 is 5.97 Å². The average molecular weight is 262 g/mol. The zero-order valence-electron chi connectivity index (χ0n) is 11.4. The molecule has 1 saturated heterocycles. The first kappa shape index (κ1) is 13.9. The number of rotatable bonds is 4. The maximum Gasteiger partial charge on any atom is 0.303 e. The molecule has 19 heavy (non-hydrogen) atoms. The lowest BCUT2D eigenvalue weighted by Crippen LogP contribution is -2.38. The number of anilines is 1. The molecule has 0 aliphatic carbocycles. The average Bonchev–Trinajstić information content (AvgIpc) is 2.59. The number of hydrogen-bond donors (Lipinski definition) is 2. The minimum Gasteiger partial charge on any atom is -0.481 e. The molecule has 2 atom stereocenters. The van der Waals surface area contributed by atoms with Gasteiger partial charge < -0.3 is 15.3 Å². The quantitative estimate of drug-likeness (QED) is 0.871. The monoisotopic (exact) mass is 262 g/mol. The molecule has 1 heterocycles. The Hall–Kier alpha value is -1.55. The second-order valence-electron chi connectivity index (χ2n) is 5.38. The van der Waals surface area contributed by atoms with Crippen LogP contribution >= 0.6 is 0 Å². The number of benzene rings is 1. The van der Waals surface area contributed by atoms with E-state index >= 15 is 0 Å². The molecule has 0 amide bonds. The van der Waals surface area contributed by atoms with Gasteiger partial charge in [-0.2, -0.15) is 0 Å². The summed E-state index contributed by atoms with van der Waals surface area (Å²) in [5.74, 6) is -0.152. The van der Waals surface area contributed by atoms with E-state index in [9.17, 15) is 4.79 Å². The summed E-state index contributed by atoms with van der Waals surface area (Å²) < 4.78 is 0. The molecule has 2 rings (SSSR count). The molecule has 1 aliphatic rings. The fraction of sp³-hybridized carbons (Fsp3) is 0.533. The Morgan fingerprint density at radius 2 is 2.11 bits per heavy atom. The number of hydrogen-bond acceptors (Lipinski definition) is 3. The second kappa shape index (κ2) is 6.57. The van der Waals surface area contributed by atoms with Crippen LogP contribution in [0.15, 0.2) is 30.3 Å². The predicted molar refractivity (Wildman–Crippen MR) is 76.5 cm³/mol. The van der Waals surface area contributed by atoms with Crippen LogP contribution in [0.5, 0.6) is 0 Å². The van der Waals surface area contributed by atoms with Crippen LogP contribution in [0.3, 0.4) is 0 Å². The molecule has 1 aromatic carbocycles. The van der Waals surface area contributed by atoms with Gasteiger partial charge in [-0.25, -0.2) is 0 Å². The van der Waals surface area contributed by atoms with Crippen LogP contribution in [-0.4, -0.2) is 36.8 Å². The van der Waals surface area contributed by atoms with Crippen molar-refractivity contribution in [3.8, 4) is 0 Å². The molecule has 1 aromatic rings. The van der Waals surface area contributed by atoms with Crippen molar-refractivity contribution in [3.63, 3.8) is 0 Å². The van der Waals surface area contributed by atoms with E-state index in [-0.39, 0.29) is 12.5 Å². The summed E-state index contributed by atoms with van der Waals surface area (Å²) in [6.07, 6.45) is 0.917. The number of carbonyl (C=O) groups is 1. The van der Waals surface area contributed by atoms with Crippen LogP contribution < -0.4 is 10.2 Å². The number of carboxylic acids is 1. The van der Waals surface area contributed by atoms with Gasteiger partial charge in [0.2, 0.25) is 0 Å². The normalized spacial score (nSPS) is 23.9. The van der Waals surface area contributed by atoms with Crippen molar-refractivity contribution in [3.05, 3.63) is 30.3 Å². The highest BCUT2D eigenvalue weighted by molar-refractivity contribution is 5.66. The SMILES string of the molecule is CC1CNC(CCC(=O)O)CN(c2ccccc2)C1. The number of nitrogens with one attached hydrogen (secondary N) is 1. The van der Waals surface area contributed by atoms with Gasteiger partial charge in [0.25, 0.3) is 0 Å². The number of carboxylic acid groups (broad SMARTS) is 1. The fourth-order valence-corrected chi connectivity index (χ4v) is 2.55. The van der Waals surface area contributed by atoms with Crippen molar-refractivity contribution >= 4 is 11.7 Å². The van der Waals surface area contributed by atoms with Crippen LogP contribution in [0.1, 0.15) is 19.8 Å². The molecule has 2 N–H and O–H groups in total. The summed E-state index contributed by atoms with van der Waals surface area (Å²) in [4.78, 5) is 13.1. The Kier molecular flexibility index (Phi) is 4.80. The predicted octanol–water partition coefficient (Wildman–Crippen LogP) is 1.97. The third kappa shape index (κ3) is 4.24. The summed E-state index contributed by atoms with van der Waals surface area (Å²) in [7, 11) is 0. The molecule has 2 unspecified atom stereocenters. The fourth-order valence-electron chi connectivity index (χ4n) is 2.55. The lowest BCUT2D eigenvalue weighted by atomic mass is 10.1. The summed E-state index contributed by atoms with van der Waals surface area (Å²) >= 11 is 0. The largest absolute Gasteiger partial charge is 0.481 e. The van der Waals surface area contributed by atoms with Crippen molar-refractivity contribution in [1.29, 1.82) is 0 Å². The molecule has 0 spiro atoms. The topological polar surface area (TPSA) is 52.6 Å². The molecule has 0 saturated carbocycles. The van der Waals surface area contributed by atoms with Crippen molar-refractivity contribution in [2.75, 3.05) is 24.5 Å². The highest BCUT2D eigenvalue weighted by Crippen LogP contribution is 2.18. The van der Waals surface area contributed by atoms with Crippen molar-refractivity contribution in [1.82, 2.24) is 5.32 Å². The molecule has 4 heteroatoms. The van der Waals surface area contributed by atoms with Gasteiger partial charge in [-0.15, -0.1) is 0 Å². The van der Waals surface area contributed by atoms with Crippen LogP contribution in [0.2, 0.25) is 0 Å². The van der Waals surface area contributed by atoms with E-state index in [1.807, 2.05) is 18.2 Å². The molecular weight excluding hydrogens is 240 g/mol. The lowest BCUT2D eigenvalue weighted by Gasteiger charge is -2.27. The third-order valence-corrected chi connectivity index (χ3v) is 3.56. The number of para-hydroxylation sites is 1. The van der Waals surface area contributed by atoms with Gasteiger partial charge in [0.15, 0.2) is 0 Å². The zero-order valence-corrected chi connectivity index (χ0v) is 11.4. The maximum atomic E-state index is 10.7. The smallest absolute Gasteiger partial charge is 0.303 e. The van der Waals surface area contributed by atoms with E-state index in [1.165, 1.54) is 5.69 Å². The number of nitrogens with zero attached hydrogens (tertiary/aromatic N) is 1. The molecular formula is C15H22N2O2. The zero-order chi connectivity index (χ0) is 13.7. The van der Waals surface area contributed by atoms with Gasteiger partial charge in [0, 0.05) is 31.2 Å². The van der Waals surface area contributed by atoms with Gasteiger partial charge in [-0.1, -0.05) is 25.1 Å². The molecule has 0 aromatic heterocycles. The Balaban J connectivity index is 2.03. The van der Waals surface area contributed by atoms with Gasteiger partial charge in [0.1, 0.15) is 0 Å². The summed E-state index contributed by atoms with van der Waals surface area (Å²) in [6, 6.07) is 10.6. The first-order valence-corrected chi connectivity index (χ1v) is 6.90. The first-order chi connectivity index (χ1) is 9.15. The van der Waals surface area contributed by atoms with E-state index in [2.05, 4.69) is 29.3 Å². The first-order valence-electron chi connectivity index (χ1n) is 6.90. The van der Waals surface area contributed by atoms with Crippen LogP contribution in [0, 0.1) is 5.92 Å². The van der Waals surface area contributed by atoms with Crippen molar-refractivity contribution in [2.24, 2.45) is 5.92 Å². The Morgan fingerprint density at radius 1 is 1.37 bits per heavy atom.